The van der Waals surface area contributed by atoms with E-state index in [1.807, 2.05) is 0 Å². The lowest BCUT2D eigenvalue weighted by Gasteiger charge is -2.07. The van der Waals surface area contributed by atoms with Gasteiger partial charge in [0, 0.05) is 0 Å². The largest absolute Gasteiger partial charge is 0.464 e. The zero-order chi connectivity index (χ0) is 29.9. The topological polar surface area (TPSA) is 61.8 Å². The molecule has 0 aromatic rings. The van der Waals surface area contributed by atoms with Gasteiger partial charge in [-0.15, -0.1) is 0 Å². The Morgan fingerprint density at radius 2 is 0.561 bits per heavy atom. The molecule has 0 unspecified atom stereocenters. The normalized spacial score (nSPS) is 11.2. The van der Waals surface area contributed by atoms with Crippen molar-refractivity contribution in [1.82, 2.24) is 0 Å². The molecular weight excluding hydrogens is 512 g/mol. The van der Waals surface area contributed by atoms with E-state index in [9.17, 15) is 9.59 Å². The molecule has 0 N–H and O–H groups in total. The molecule has 0 aromatic heterocycles. The minimum atomic E-state index is -0.403. The summed E-state index contributed by atoms with van der Waals surface area (Å²) in [6, 6.07) is 0. The summed E-state index contributed by atoms with van der Waals surface area (Å²) < 4.78 is 15.6. The van der Waals surface area contributed by atoms with Gasteiger partial charge in [-0.2, -0.15) is 0 Å². The van der Waals surface area contributed by atoms with Crippen LogP contribution >= 0.6 is 0 Å². The molecule has 244 valence electrons. The molecule has 0 aliphatic heterocycles. The van der Waals surface area contributed by atoms with Crippen LogP contribution in [0.2, 0.25) is 0 Å². The van der Waals surface area contributed by atoms with Gasteiger partial charge in [-0.1, -0.05) is 181 Å². The molecule has 0 bridgehead atoms. The molecule has 0 rings (SSSR count). The lowest BCUT2D eigenvalue weighted by Crippen LogP contribution is -2.19. The molecule has 0 aliphatic carbocycles. The van der Waals surface area contributed by atoms with E-state index >= 15 is 0 Å². The minimum absolute atomic E-state index is 0.188. The van der Waals surface area contributed by atoms with Gasteiger partial charge in [-0.25, -0.2) is 9.59 Å². The summed E-state index contributed by atoms with van der Waals surface area (Å²) >= 11 is 0. The number of unbranched alkanes of at least 4 members (excludes halogenated alkanes) is 26. The maximum Gasteiger partial charge on any atom is 0.332 e. The van der Waals surface area contributed by atoms with Crippen LogP contribution < -0.4 is 0 Å². The minimum Gasteiger partial charge on any atom is -0.464 e. The van der Waals surface area contributed by atoms with Gasteiger partial charge >= 0.3 is 11.9 Å². The first kappa shape index (κ1) is 39.9. The molecule has 0 fully saturated rings. The second-order valence-corrected chi connectivity index (χ2v) is 12.1. The average Bonchev–Trinajstić information content (AvgIpc) is 2.97. The highest BCUT2D eigenvalue weighted by molar-refractivity contribution is 5.73. The molecule has 0 atom stereocenters. The number of rotatable bonds is 34. The van der Waals surface area contributed by atoms with E-state index < -0.39 is 11.9 Å². The summed E-state index contributed by atoms with van der Waals surface area (Å²) in [4.78, 5) is 23.5. The third-order valence-electron chi connectivity index (χ3n) is 7.96. The number of carbonyl (C=O) groups excluding carboxylic acids is 2. The highest BCUT2D eigenvalue weighted by Crippen LogP contribution is 2.14. The van der Waals surface area contributed by atoms with Crippen molar-refractivity contribution in [2.24, 2.45) is 0 Å². The van der Waals surface area contributed by atoms with Crippen LogP contribution in [0.25, 0.3) is 0 Å². The van der Waals surface area contributed by atoms with Crippen molar-refractivity contribution < 1.29 is 23.8 Å². The van der Waals surface area contributed by atoms with Crippen LogP contribution in [0, 0.1) is 0 Å². The fraction of sp³-hybridized carbons (Fsp3) is 0.944. The predicted molar refractivity (Wildman–Crippen MR) is 173 cm³/mol. The fourth-order valence-electron chi connectivity index (χ4n) is 5.27. The monoisotopic (exact) mass is 583 g/mol. The summed E-state index contributed by atoms with van der Waals surface area (Å²) in [5.74, 6) is -0.807. The zero-order valence-electron chi connectivity index (χ0n) is 27.7. The van der Waals surface area contributed by atoms with Crippen molar-refractivity contribution in [1.29, 1.82) is 0 Å². The third-order valence-corrected chi connectivity index (χ3v) is 7.96. The molecule has 0 saturated carbocycles. The van der Waals surface area contributed by atoms with Gasteiger partial charge in [0.25, 0.3) is 0 Å². The van der Waals surface area contributed by atoms with Gasteiger partial charge in [-0.3, -0.25) is 0 Å². The van der Waals surface area contributed by atoms with E-state index in [1.165, 1.54) is 154 Å². The molecule has 0 heterocycles. The van der Waals surface area contributed by atoms with Crippen molar-refractivity contribution in [2.75, 3.05) is 26.4 Å². The third kappa shape index (κ3) is 35.0. The Morgan fingerprint density at radius 3 is 0.805 bits per heavy atom. The first-order valence-corrected chi connectivity index (χ1v) is 18.1. The lowest BCUT2D eigenvalue weighted by molar-refractivity contribution is -0.155. The highest BCUT2D eigenvalue weighted by atomic mass is 16.6. The van der Waals surface area contributed by atoms with Crippen molar-refractivity contribution in [3.05, 3.63) is 0 Å². The van der Waals surface area contributed by atoms with Gasteiger partial charge in [0.1, 0.15) is 13.2 Å². The van der Waals surface area contributed by atoms with Crippen LogP contribution in [-0.2, 0) is 23.8 Å². The SMILES string of the molecule is CCCCCCCCCCCCCCCCOC(=O)COCC(=O)OCCCCCCCCCCCCCCCC. The van der Waals surface area contributed by atoms with Crippen molar-refractivity contribution in [2.45, 2.75) is 194 Å². The molecule has 0 saturated heterocycles. The van der Waals surface area contributed by atoms with E-state index in [-0.39, 0.29) is 13.2 Å². The highest BCUT2D eigenvalue weighted by Gasteiger charge is 2.07. The first-order chi connectivity index (χ1) is 20.2. The molecule has 0 spiro atoms. The van der Waals surface area contributed by atoms with Crippen LogP contribution in [0.3, 0.4) is 0 Å². The van der Waals surface area contributed by atoms with Crippen LogP contribution in [0.5, 0.6) is 0 Å². The van der Waals surface area contributed by atoms with Crippen LogP contribution in [0.1, 0.15) is 194 Å². The molecule has 0 amide bonds. The quantitative estimate of drug-likeness (QED) is 0.0558. The summed E-state index contributed by atoms with van der Waals surface area (Å²) in [6.07, 6.45) is 36.5. The fourth-order valence-corrected chi connectivity index (χ4v) is 5.27. The molecule has 5 heteroatoms. The molecular formula is C36H70O5. The lowest BCUT2D eigenvalue weighted by atomic mass is 10.0. The van der Waals surface area contributed by atoms with E-state index in [2.05, 4.69) is 13.8 Å². The first-order valence-electron chi connectivity index (χ1n) is 18.1. The maximum absolute atomic E-state index is 11.8. The maximum atomic E-state index is 11.8. The number of esters is 2. The second kappa shape index (κ2) is 35.1. The Balaban J connectivity index is 3.26. The Labute approximate surface area is 255 Å². The number of carbonyl (C=O) groups is 2. The van der Waals surface area contributed by atoms with Crippen molar-refractivity contribution in [3.63, 3.8) is 0 Å². The summed E-state index contributed by atoms with van der Waals surface area (Å²) in [5, 5.41) is 0. The number of ether oxygens (including phenoxy) is 3. The van der Waals surface area contributed by atoms with E-state index in [4.69, 9.17) is 14.2 Å². The molecule has 0 radical (unpaired) electrons. The standard InChI is InChI=1S/C36H70O5/c1-3-5-7-9-11-13-15-17-19-21-23-25-27-29-31-40-35(37)33-39-34-36(38)41-32-30-28-26-24-22-20-18-16-14-12-10-8-6-4-2/h3-34H2,1-2H3. The van der Waals surface area contributed by atoms with Crippen LogP contribution in [-0.4, -0.2) is 38.4 Å². The van der Waals surface area contributed by atoms with Gasteiger partial charge in [-0.05, 0) is 12.8 Å². The molecule has 41 heavy (non-hydrogen) atoms. The van der Waals surface area contributed by atoms with Crippen LogP contribution in [0.15, 0.2) is 0 Å². The van der Waals surface area contributed by atoms with Gasteiger partial charge < -0.3 is 14.2 Å². The van der Waals surface area contributed by atoms with Gasteiger partial charge in [0.2, 0.25) is 0 Å². The Kier molecular flexibility index (Phi) is 34.2. The average molecular weight is 583 g/mol. The van der Waals surface area contributed by atoms with E-state index in [0.717, 1.165) is 25.7 Å². The van der Waals surface area contributed by atoms with Crippen LogP contribution in [0.4, 0.5) is 0 Å². The molecule has 0 aromatic carbocycles. The zero-order valence-corrected chi connectivity index (χ0v) is 27.7. The van der Waals surface area contributed by atoms with Gasteiger partial charge in [0.05, 0.1) is 13.2 Å². The second-order valence-electron chi connectivity index (χ2n) is 12.1. The Morgan fingerprint density at radius 1 is 0.341 bits per heavy atom. The Bertz CT molecular complexity index is 490. The smallest absolute Gasteiger partial charge is 0.332 e. The molecule has 0 aliphatic rings. The molecule has 5 nitrogen and oxygen atoms in total. The summed E-state index contributed by atoms with van der Waals surface area (Å²) in [7, 11) is 0. The van der Waals surface area contributed by atoms with Crippen molar-refractivity contribution in [3.8, 4) is 0 Å². The van der Waals surface area contributed by atoms with Gasteiger partial charge in [0.15, 0.2) is 0 Å². The van der Waals surface area contributed by atoms with E-state index in [1.54, 1.807) is 0 Å². The Hall–Kier alpha value is -1.10. The summed E-state index contributed by atoms with van der Waals surface area (Å²) in [5.41, 5.74) is 0. The predicted octanol–water partition coefficient (Wildman–Crippen LogP) is 11.1. The van der Waals surface area contributed by atoms with Crippen molar-refractivity contribution >= 4 is 11.9 Å². The number of hydrogen-bond acceptors (Lipinski definition) is 5. The summed E-state index contributed by atoms with van der Waals surface area (Å²) in [6.45, 7) is 5.03. The number of hydrogen-bond donors (Lipinski definition) is 0. The van der Waals surface area contributed by atoms with E-state index in [0.29, 0.717) is 13.2 Å².